The van der Waals surface area contributed by atoms with Crippen LogP contribution in [0.15, 0.2) is 152 Å². The SMILES string of the molecule is C.C.CC(C)C.CC(C)C.c1ccc(OCC2CO2)cc1.c1ccc(OCC2CO2)cc1.c1ccc(OCC2CO2)cc1.c1ccc(OCC2CO2)cc1.c1ccc(OCC2CO2)cc1. The highest BCUT2D eigenvalue weighted by Crippen LogP contribution is 2.17. The topological polar surface area (TPSA) is 109 Å². The van der Waals surface area contributed by atoms with E-state index in [1.54, 1.807) is 0 Å². The van der Waals surface area contributed by atoms with E-state index in [-0.39, 0.29) is 14.9 Å². The molecule has 0 bridgehead atoms. The molecule has 10 rings (SSSR count). The number of hydrogen-bond acceptors (Lipinski definition) is 10. The predicted molar refractivity (Wildman–Crippen MR) is 263 cm³/mol. The van der Waals surface area contributed by atoms with Gasteiger partial charge in [-0.3, -0.25) is 0 Å². The van der Waals surface area contributed by atoms with E-state index in [9.17, 15) is 0 Å². The molecule has 5 aliphatic rings. The summed E-state index contributed by atoms with van der Waals surface area (Å²) in [5.41, 5.74) is 0. The van der Waals surface area contributed by atoms with Crippen LogP contribution in [0.25, 0.3) is 0 Å². The first kappa shape index (κ1) is 56.0. The normalized spacial score (nSPS) is 19.1. The summed E-state index contributed by atoms with van der Waals surface area (Å²) in [6, 6.07) is 48.9. The maximum absolute atomic E-state index is 5.40. The van der Waals surface area contributed by atoms with Gasteiger partial charge in [0.15, 0.2) is 0 Å². The second kappa shape index (κ2) is 34.3. The lowest BCUT2D eigenvalue weighted by Crippen LogP contribution is -2.03. The molecule has 5 saturated heterocycles. The van der Waals surface area contributed by atoms with Gasteiger partial charge in [-0.2, -0.15) is 0 Å². The van der Waals surface area contributed by atoms with Crippen LogP contribution in [0, 0.1) is 11.8 Å². The molecule has 0 aliphatic carbocycles. The molecule has 65 heavy (non-hydrogen) atoms. The van der Waals surface area contributed by atoms with Gasteiger partial charge in [-0.15, -0.1) is 0 Å². The van der Waals surface area contributed by atoms with Crippen LogP contribution in [0.5, 0.6) is 28.7 Å². The van der Waals surface area contributed by atoms with E-state index in [2.05, 4.69) is 41.5 Å². The van der Waals surface area contributed by atoms with Crippen LogP contribution in [-0.2, 0) is 23.7 Å². The second-order valence-corrected chi connectivity index (χ2v) is 16.4. The Labute approximate surface area is 391 Å². The van der Waals surface area contributed by atoms with Crippen molar-refractivity contribution < 1.29 is 47.4 Å². The smallest absolute Gasteiger partial charge is 0.119 e. The van der Waals surface area contributed by atoms with E-state index < -0.39 is 0 Å². The minimum Gasteiger partial charge on any atom is -0.491 e. The van der Waals surface area contributed by atoms with Crippen molar-refractivity contribution in [3.8, 4) is 28.7 Å². The minimum atomic E-state index is 0. The van der Waals surface area contributed by atoms with Gasteiger partial charge in [0.25, 0.3) is 0 Å². The molecule has 5 aromatic carbocycles. The first-order chi connectivity index (χ1) is 30.7. The molecule has 5 heterocycles. The Morgan fingerprint density at radius 1 is 0.308 bits per heavy atom. The fourth-order valence-corrected chi connectivity index (χ4v) is 4.35. The van der Waals surface area contributed by atoms with Gasteiger partial charge in [0.05, 0.1) is 33.0 Å². The Bertz CT molecular complexity index is 1470. The van der Waals surface area contributed by atoms with Crippen molar-refractivity contribution in [2.24, 2.45) is 11.8 Å². The third-order valence-electron chi connectivity index (χ3n) is 7.91. The van der Waals surface area contributed by atoms with Crippen molar-refractivity contribution in [2.45, 2.75) is 86.9 Å². The van der Waals surface area contributed by atoms with Crippen molar-refractivity contribution in [3.63, 3.8) is 0 Å². The number of benzene rings is 5. The van der Waals surface area contributed by atoms with Gasteiger partial charge in [-0.1, -0.05) is 147 Å². The molecule has 10 heteroatoms. The van der Waals surface area contributed by atoms with Gasteiger partial charge in [0.1, 0.15) is 92.3 Å². The Morgan fingerprint density at radius 2 is 0.431 bits per heavy atom. The Balaban J connectivity index is 0.000000266. The average molecular weight is 899 g/mol. The highest BCUT2D eigenvalue weighted by Gasteiger charge is 2.25. The van der Waals surface area contributed by atoms with Gasteiger partial charge in [0.2, 0.25) is 0 Å². The molecule has 5 fully saturated rings. The van der Waals surface area contributed by atoms with Gasteiger partial charge in [-0.05, 0) is 72.5 Å². The van der Waals surface area contributed by atoms with Crippen LogP contribution >= 0.6 is 0 Å². The summed E-state index contributed by atoms with van der Waals surface area (Å²) in [6.07, 6.45) is 1.71. The van der Waals surface area contributed by atoms with E-state index >= 15 is 0 Å². The van der Waals surface area contributed by atoms with Crippen LogP contribution in [-0.4, -0.2) is 96.6 Å². The minimum absolute atomic E-state index is 0. The Morgan fingerprint density at radius 3 is 0.538 bits per heavy atom. The van der Waals surface area contributed by atoms with Crippen LogP contribution in [0.3, 0.4) is 0 Å². The lowest BCUT2D eigenvalue weighted by molar-refractivity contribution is 0.263. The fourth-order valence-electron chi connectivity index (χ4n) is 4.35. The van der Waals surface area contributed by atoms with E-state index in [0.29, 0.717) is 63.6 Å². The van der Waals surface area contributed by atoms with Gasteiger partial charge >= 0.3 is 0 Å². The summed E-state index contributed by atoms with van der Waals surface area (Å²) in [6.45, 7) is 20.7. The van der Waals surface area contributed by atoms with Crippen LogP contribution in [0.1, 0.15) is 56.4 Å². The zero-order valence-corrected chi connectivity index (χ0v) is 38.1. The van der Waals surface area contributed by atoms with Crippen molar-refractivity contribution in [2.75, 3.05) is 66.1 Å². The molecule has 0 radical (unpaired) electrons. The number of hydrogen-bond donors (Lipinski definition) is 0. The molecule has 10 nitrogen and oxygen atoms in total. The number of para-hydroxylation sites is 5. The molecule has 5 aliphatic heterocycles. The summed E-state index contributed by atoms with van der Waals surface area (Å²) >= 11 is 0. The zero-order valence-electron chi connectivity index (χ0n) is 38.1. The molecular formula is C55H78O10. The molecule has 5 atom stereocenters. The van der Waals surface area contributed by atoms with Crippen LogP contribution in [0.2, 0.25) is 0 Å². The zero-order chi connectivity index (χ0) is 44.7. The van der Waals surface area contributed by atoms with E-state index in [4.69, 9.17) is 47.4 Å². The monoisotopic (exact) mass is 899 g/mol. The number of rotatable bonds is 15. The summed E-state index contributed by atoms with van der Waals surface area (Å²) in [5, 5.41) is 0. The van der Waals surface area contributed by atoms with Crippen molar-refractivity contribution in [1.29, 1.82) is 0 Å². The third-order valence-corrected chi connectivity index (χ3v) is 7.91. The standard InChI is InChI=1S/5C9H10O2.2C4H10.2CH4/c5*1-2-4-8(5-3-1)10-6-9-7-11-9;2*1-4(2)3;;/h5*1-5,9H,6-7H2;2*4H,1-3H3;2*1H4. The average Bonchev–Trinajstić information content (AvgIpc) is 4.10. The molecule has 5 aromatic rings. The summed E-state index contributed by atoms with van der Waals surface area (Å²) in [4.78, 5) is 0. The Hall–Kier alpha value is -5.10. The fraction of sp³-hybridized carbons (Fsp3) is 0.455. The lowest BCUT2D eigenvalue weighted by atomic mass is 10.3. The second-order valence-electron chi connectivity index (χ2n) is 16.4. The first-order valence-electron chi connectivity index (χ1n) is 22.2. The summed E-state index contributed by atoms with van der Waals surface area (Å²) < 4.78 is 52.1. The predicted octanol–water partition coefficient (Wildman–Crippen LogP) is 11.9. The summed E-state index contributed by atoms with van der Waals surface area (Å²) in [7, 11) is 0. The van der Waals surface area contributed by atoms with Gasteiger partial charge < -0.3 is 47.4 Å². The van der Waals surface area contributed by atoms with E-state index in [0.717, 1.165) is 73.6 Å². The highest BCUT2D eigenvalue weighted by molar-refractivity contribution is 5.23. The molecular weight excluding hydrogens is 821 g/mol. The first-order valence-corrected chi connectivity index (χ1v) is 22.2. The molecule has 0 aromatic heterocycles. The molecule has 0 N–H and O–H groups in total. The number of epoxide rings is 5. The molecule has 5 unspecified atom stereocenters. The van der Waals surface area contributed by atoms with E-state index in [1.807, 2.05) is 152 Å². The van der Waals surface area contributed by atoms with Crippen LogP contribution < -0.4 is 23.7 Å². The van der Waals surface area contributed by atoms with Crippen molar-refractivity contribution in [3.05, 3.63) is 152 Å². The molecule has 0 spiro atoms. The van der Waals surface area contributed by atoms with Crippen LogP contribution in [0.4, 0.5) is 0 Å². The lowest BCUT2D eigenvalue weighted by Gasteiger charge is -2.01. The molecule has 358 valence electrons. The van der Waals surface area contributed by atoms with Gasteiger partial charge in [-0.25, -0.2) is 0 Å². The largest absolute Gasteiger partial charge is 0.491 e. The molecule has 0 saturated carbocycles. The van der Waals surface area contributed by atoms with Crippen molar-refractivity contribution >= 4 is 0 Å². The quantitative estimate of drug-likeness (QED) is 0.0942. The van der Waals surface area contributed by atoms with Crippen molar-refractivity contribution in [1.82, 2.24) is 0 Å². The third kappa shape index (κ3) is 34.0. The maximum atomic E-state index is 5.40. The molecule has 0 amide bonds. The van der Waals surface area contributed by atoms with E-state index in [1.165, 1.54) is 0 Å². The maximum Gasteiger partial charge on any atom is 0.119 e. The number of ether oxygens (including phenoxy) is 10. The van der Waals surface area contributed by atoms with Gasteiger partial charge in [0, 0.05) is 0 Å². The highest BCUT2D eigenvalue weighted by atomic mass is 16.6. The Kier molecular flexibility index (Phi) is 29.5. The summed E-state index contributed by atoms with van der Waals surface area (Å²) in [5.74, 6) is 6.26.